The van der Waals surface area contributed by atoms with Gasteiger partial charge in [0, 0.05) is 0 Å². The van der Waals surface area contributed by atoms with E-state index < -0.39 is 17.1 Å². The van der Waals surface area contributed by atoms with Gasteiger partial charge >= 0.3 is 17.1 Å². The molecule has 0 saturated carbocycles. The van der Waals surface area contributed by atoms with E-state index in [-0.39, 0.29) is 4.73 Å². The van der Waals surface area contributed by atoms with Crippen molar-refractivity contribution in [1.29, 1.82) is 0 Å². The topological polar surface area (TPSA) is 108 Å². The average Bonchev–Trinajstić information content (AvgIpc) is 1.82. The van der Waals surface area contributed by atoms with Crippen molar-refractivity contribution in [3.8, 4) is 0 Å². The maximum atomic E-state index is 10.3. The lowest BCUT2D eigenvalue weighted by Gasteiger charge is -1.87. The summed E-state index contributed by atoms with van der Waals surface area (Å²) in [6.07, 6.45) is 0. The Morgan fingerprint density at radius 2 is 1.50 bits per heavy atom. The average molecular weight is 145 g/mol. The number of H-pyrrole nitrogens is 2. The molecule has 7 nitrogen and oxygen atoms in total. The molecule has 1 aromatic heterocycles. The van der Waals surface area contributed by atoms with E-state index >= 15 is 0 Å². The van der Waals surface area contributed by atoms with Crippen LogP contribution < -0.4 is 17.1 Å². The minimum atomic E-state index is -1.16. The van der Waals surface area contributed by atoms with E-state index in [4.69, 9.17) is 5.21 Å². The molecule has 0 aliphatic rings. The van der Waals surface area contributed by atoms with Gasteiger partial charge in [-0.3, -0.25) is 9.97 Å². The summed E-state index contributed by atoms with van der Waals surface area (Å²) < 4.78 is -0.235. The molecule has 0 unspecified atom stereocenters. The van der Waals surface area contributed by atoms with Crippen molar-refractivity contribution in [2.75, 3.05) is 0 Å². The standard InChI is InChI=1S/C3H3N3O4/c7-1-4-2(8)6(10)3(9)5-1/h10H,(H2,4,5,7,8,9). The Balaban J connectivity index is 3.80. The molecule has 1 heterocycles. The third-order valence-corrected chi connectivity index (χ3v) is 0.826. The van der Waals surface area contributed by atoms with Crippen LogP contribution in [0.2, 0.25) is 0 Å². The molecular formula is C3H3N3O4. The van der Waals surface area contributed by atoms with Crippen LogP contribution in [0.1, 0.15) is 0 Å². The lowest BCUT2D eigenvalue weighted by molar-refractivity contribution is 0.154. The summed E-state index contributed by atoms with van der Waals surface area (Å²) in [7, 11) is 0. The predicted molar refractivity (Wildman–Crippen MR) is 29.1 cm³/mol. The molecule has 0 aliphatic carbocycles. The molecule has 10 heavy (non-hydrogen) atoms. The van der Waals surface area contributed by atoms with Gasteiger partial charge in [-0.15, -0.1) is 0 Å². The Morgan fingerprint density at radius 3 is 1.90 bits per heavy atom. The van der Waals surface area contributed by atoms with E-state index in [1.165, 1.54) is 0 Å². The predicted octanol–water partition coefficient (Wildman–Crippen LogP) is -2.54. The zero-order chi connectivity index (χ0) is 7.72. The Labute approximate surface area is 52.5 Å². The van der Waals surface area contributed by atoms with Crippen LogP contribution in [0, 0.1) is 0 Å². The van der Waals surface area contributed by atoms with Gasteiger partial charge in [-0.1, -0.05) is 4.73 Å². The lowest BCUT2D eigenvalue weighted by atomic mass is 11.0. The van der Waals surface area contributed by atoms with Crippen molar-refractivity contribution in [2.45, 2.75) is 0 Å². The number of aromatic nitrogens is 3. The third kappa shape index (κ3) is 0.835. The highest BCUT2D eigenvalue weighted by Crippen LogP contribution is 1.42. The quantitative estimate of drug-likeness (QED) is 0.349. The van der Waals surface area contributed by atoms with Crippen LogP contribution in [0.15, 0.2) is 14.4 Å². The molecule has 0 bridgehead atoms. The molecule has 7 heteroatoms. The molecule has 0 aliphatic heterocycles. The third-order valence-electron chi connectivity index (χ3n) is 0.826. The van der Waals surface area contributed by atoms with Crippen molar-refractivity contribution < 1.29 is 5.21 Å². The fourth-order valence-electron chi connectivity index (χ4n) is 0.424. The van der Waals surface area contributed by atoms with Gasteiger partial charge in [-0.25, -0.2) is 14.4 Å². The molecule has 0 fully saturated rings. The fraction of sp³-hybridized carbons (Fsp3) is 0. The number of hydrogen-bond acceptors (Lipinski definition) is 4. The second kappa shape index (κ2) is 1.87. The second-order valence-corrected chi connectivity index (χ2v) is 1.50. The molecule has 3 N–H and O–H groups in total. The van der Waals surface area contributed by atoms with Gasteiger partial charge in [0.15, 0.2) is 0 Å². The summed E-state index contributed by atoms with van der Waals surface area (Å²) in [4.78, 5) is 34.1. The molecule has 0 amide bonds. The van der Waals surface area contributed by atoms with Gasteiger partial charge in [-0.05, 0) is 0 Å². The van der Waals surface area contributed by atoms with E-state index in [0.29, 0.717) is 0 Å². The minimum Gasteiger partial charge on any atom is -0.420 e. The molecule has 1 aromatic rings. The van der Waals surface area contributed by atoms with Gasteiger partial charge in [0.1, 0.15) is 0 Å². The maximum absolute atomic E-state index is 10.3. The van der Waals surface area contributed by atoms with Gasteiger partial charge in [0.25, 0.3) is 0 Å². The first-order valence-corrected chi connectivity index (χ1v) is 2.26. The Bertz CT molecular complexity index is 361. The van der Waals surface area contributed by atoms with Gasteiger partial charge in [0.05, 0.1) is 0 Å². The van der Waals surface area contributed by atoms with Crippen molar-refractivity contribution >= 4 is 0 Å². The monoisotopic (exact) mass is 145 g/mol. The number of nitrogens with zero attached hydrogens (tertiary/aromatic N) is 1. The Hall–Kier alpha value is -1.79. The van der Waals surface area contributed by atoms with E-state index in [2.05, 4.69) is 0 Å². The summed E-state index contributed by atoms with van der Waals surface area (Å²) in [5.41, 5.74) is -3.26. The number of aromatic amines is 2. The number of nitrogens with one attached hydrogen (secondary N) is 2. The summed E-state index contributed by atoms with van der Waals surface area (Å²) in [6.45, 7) is 0. The largest absolute Gasteiger partial charge is 0.420 e. The van der Waals surface area contributed by atoms with E-state index in [1.807, 2.05) is 0 Å². The molecule has 0 spiro atoms. The molecule has 0 aromatic carbocycles. The molecule has 1 rings (SSSR count). The fourth-order valence-corrected chi connectivity index (χ4v) is 0.424. The smallest absolute Gasteiger partial charge is 0.367 e. The Kier molecular flexibility index (Phi) is 1.18. The Morgan fingerprint density at radius 1 is 1.10 bits per heavy atom. The summed E-state index contributed by atoms with van der Waals surface area (Å²) in [5.74, 6) is 0. The van der Waals surface area contributed by atoms with Gasteiger partial charge in [0.2, 0.25) is 0 Å². The van der Waals surface area contributed by atoms with Crippen LogP contribution in [-0.4, -0.2) is 19.9 Å². The number of rotatable bonds is 0. The highest BCUT2D eigenvalue weighted by atomic mass is 16.5. The highest BCUT2D eigenvalue weighted by Gasteiger charge is 1.96. The minimum absolute atomic E-state index is 0.235. The molecule has 0 atom stereocenters. The summed E-state index contributed by atoms with van der Waals surface area (Å²) in [5, 5.41) is 8.42. The zero-order valence-corrected chi connectivity index (χ0v) is 4.62. The summed E-state index contributed by atoms with van der Waals surface area (Å²) in [6, 6.07) is 0. The SMILES string of the molecule is O=c1[nH]c(=O)n(O)c(=O)[nH]1. The van der Waals surface area contributed by atoms with E-state index in [1.54, 1.807) is 9.97 Å². The van der Waals surface area contributed by atoms with Crippen LogP contribution in [0.5, 0.6) is 0 Å². The normalized spacial score (nSPS) is 9.60. The first kappa shape index (κ1) is 6.33. The molecule has 0 saturated heterocycles. The van der Waals surface area contributed by atoms with Crippen LogP contribution >= 0.6 is 0 Å². The van der Waals surface area contributed by atoms with Crippen molar-refractivity contribution in [3.63, 3.8) is 0 Å². The maximum Gasteiger partial charge on any atom is 0.367 e. The van der Waals surface area contributed by atoms with E-state index in [0.717, 1.165) is 0 Å². The van der Waals surface area contributed by atoms with Crippen molar-refractivity contribution in [1.82, 2.24) is 14.7 Å². The van der Waals surface area contributed by atoms with Gasteiger partial charge in [-0.2, -0.15) is 0 Å². The molecule has 54 valence electrons. The van der Waals surface area contributed by atoms with Crippen molar-refractivity contribution in [3.05, 3.63) is 31.5 Å². The van der Waals surface area contributed by atoms with Crippen molar-refractivity contribution in [2.24, 2.45) is 0 Å². The first-order chi connectivity index (χ1) is 4.61. The van der Waals surface area contributed by atoms with Crippen LogP contribution in [0.3, 0.4) is 0 Å². The van der Waals surface area contributed by atoms with Gasteiger partial charge < -0.3 is 5.21 Å². The molecule has 0 radical (unpaired) electrons. The van der Waals surface area contributed by atoms with Crippen LogP contribution in [-0.2, 0) is 0 Å². The lowest BCUT2D eigenvalue weighted by Crippen LogP contribution is -2.41. The first-order valence-electron chi connectivity index (χ1n) is 2.26. The van der Waals surface area contributed by atoms with Crippen LogP contribution in [0.4, 0.5) is 0 Å². The second-order valence-electron chi connectivity index (χ2n) is 1.50. The van der Waals surface area contributed by atoms with Crippen LogP contribution in [0.25, 0.3) is 0 Å². The highest BCUT2D eigenvalue weighted by molar-refractivity contribution is 4.63. The molecular weight excluding hydrogens is 142 g/mol. The number of hydrogen-bond donors (Lipinski definition) is 3. The summed E-state index contributed by atoms with van der Waals surface area (Å²) >= 11 is 0. The zero-order valence-electron chi connectivity index (χ0n) is 4.62. The van der Waals surface area contributed by atoms with E-state index in [9.17, 15) is 14.4 Å².